The van der Waals surface area contributed by atoms with E-state index in [1.807, 2.05) is 24.3 Å². The Labute approximate surface area is 200 Å². The molecule has 1 aliphatic carbocycles. The minimum absolute atomic E-state index is 0.0149. The number of alkyl halides is 6. The molecular weight excluding hydrogens is 490 g/mol. The molecule has 5 rings (SSSR count). The first kappa shape index (κ1) is 24.1. The number of fused-ring (bicyclic) bond motifs is 1. The molecule has 1 saturated heterocycles. The van der Waals surface area contributed by atoms with Crippen molar-refractivity contribution in [1.82, 2.24) is 9.88 Å². The Kier molecular flexibility index (Phi) is 5.49. The number of rotatable bonds is 4. The first-order valence-electron chi connectivity index (χ1n) is 11.0. The lowest BCUT2D eigenvalue weighted by Crippen LogP contribution is -2.41. The van der Waals surface area contributed by atoms with Gasteiger partial charge in [-0.2, -0.15) is 26.3 Å². The van der Waals surface area contributed by atoms with Crippen LogP contribution in [0.4, 0.5) is 31.1 Å². The molecule has 2 fully saturated rings. The van der Waals surface area contributed by atoms with Gasteiger partial charge in [0.2, 0.25) is 5.91 Å². The summed E-state index contributed by atoms with van der Waals surface area (Å²) in [4.78, 5) is 30.8. The number of ether oxygens (including phenoxy) is 1. The third kappa shape index (κ3) is 4.16. The van der Waals surface area contributed by atoms with Crippen molar-refractivity contribution < 1.29 is 40.7 Å². The summed E-state index contributed by atoms with van der Waals surface area (Å²) in [5.74, 6) is -0.615. The van der Waals surface area contributed by atoms with Crippen LogP contribution in [0.5, 0.6) is 0 Å². The highest BCUT2D eigenvalue weighted by atomic mass is 19.4. The number of cyclic esters (lactones) is 1. The van der Waals surface area contributed by atoms with Gasteiger partial charge in [-0.3, -0.25) is 9.78 Å². The van der Waals surface area contributed by atoms with Gasteiger partial charge < -0.3 is 4.74 Å². The molecule has 1 atom stereocenters. The third-order valence-electron chi connectivity index (χ3n) is 6.62. The maximum absolute atomic E-state index is 13.3. The van der Waals surface area contributed by atoms with E-state index in [-0.39, 0.29) is 31.7 Å². The summed E-state index contributed by atoms with van der Waals surface area (Å²) < 4.78 is 85.3. The topological polar surface area (TPSA) is 59.5 Å². The second kappa shape index (κ2) is 8.21. The Morgan fingerprint density at radius 1 is 1.00 bits per heavy atom. The van der Waals surface area contributed by atoms with Gasteiger partial charge in [0.25, 0.3) is 0 Å². The van der Waals surface area contributed by atoms with Crippen molar-refractivity contribution in [2.45, 2.75) is 49.7 Å². The number of nitrogens with zero attached hydrogens (tertiary/aromatic N) is 2. The quantitative estimate of drug-likeness (QED) is 0.380. The molecule has 0 bridgehead atoms. The molecule has 1 aromatic heterocycles. The highest BCUT2D eigenvalue weighted by Crippen LogP contribution is 2.57. The Bertz CT molecular complexity index is 1330. The van der Waals surface area contributed by atoms with Crippen molar-refractivity contribution in [3.8, 4) is 0 Å². The van der Waals surface area contributed by atoms with E-state index in [1.54, 1.807) is 12.4 Å². The smallest absolute Gasteiger partial charge is 0.417 e. The molecule has 2 amide bonds. The van der Waals surface area contributed by atoms with Gasteiger partial charge >= 0.3 is 18.4 Å². The zero-order valence-corrected chi connectivity index (χ0v) is 18.5. The molecule has 2 aliphatic rings. The van der Waals surface area contributed by atoms with Crippen LogP contribution in [0.25, 0.3) is 10.8 Å². The lowest BCUT2D eigenvalue weighted by atomic mass is 9.95. The number of aryl methyl sites for hydroxylation is 1. The average molecular weight is 508 g/mol. The van der Waals surface area contributed by atoms with Gasteiger partial charge in [-0.1, -0.05) is 24.3 Å². The van der Waals surface area contributed by atoms with E-state index in [1.165, 1.54) is 0 Å². The molecule has 1 saturated carbocycles. The van der Waals surface area contributed by atoms with Gasteiger partial charge in [-0.15, -0.1) is 0 Å². The van der Waals surface area contributed by atoms with Gasteiger partial charge in [0.15, 0.2) is 6.10 Å². The molecule has 2 aromatic carbocycles. The number of imide groups is 1. The molecule has 0 unspecified atom stereocenters. The first-order valence-corrected chi connectivity index (χ1v) is 11.0. The number of carbonyl (C=O) groups excluding carboxylic acids is 2. The number of halogens is 6. The second-order valence-electron chi connectivity index (χ2n) is 8.96. The van der Waals surface area contributed by atoms with E-state index < -0.39 is 52.7 Å². The van der Waals surface area contributed by atoms with Crippen LogP contribution in [-0.4, -0.2) is 27.4 Å². The van der Waals surface area contributed by atoms with Crippen LogP contribution in [0, 0.1) is 0 Å². The van der Waals surface area contributed by atoms with Crippen LogP contribution in [0.15, 0.2) is 54.9 Å². The zero-order chi connectivity index (χ0) is 25.9. The van der Waals surface area contributed by atoms with Crippen LogP contribution in [0.1, 0.15) is 47.6 Å². The summed E-state index contributed by atoms with van der Waals surface area (Å²) in [6.07, 6.45) is -8.78. The normalized spacial score (nSPS) is 19.1. The largest absolute Gasteiger partial charge is 0.438 e. The molecule has 11 heteroatoms. The molecule has 1 spiro atoms. The molecule has 2 heterocycles. The van der Waals surface area contributed by atoms with Crippen molar-refractivity contribution >= 4 is 22.8 Å². The predicted octanol–water partition coefficient (Wildman–Crippen LogP) is 6.46. The molecule has 3 aromatic rings. The molecule has 5 nitrogen and oxygen atoms in total. The average Bonchev–Trinajstić information content (AvgIpc) is 3.54. The van der Waals surface area contributed by atoms with E-state index in [2.05, 4.69) is 4.98 Å². The zero-order valence-electron chi connectivity index (χ0n) is 18.5. The van der Waals surface area contributed by atoms with Crippen LogP contribution in [-0.2, 0) is 28.3 Å². The van der Waals surface area contributed by atoms with E-state index >= 15 is 0 Å². The van der Waals surface area contributed by atoms with Gasteiger partial charge in [0, 0.05) is 24.2 Å². The molecule has 0 radical (unpaired) electrons. The SMILES string of the molecule is O=C(CCc1cncc2ccccc12)N1C(=O)O[C@H](c2cc(C(F)(F)F)cc(C(F)(F)F)c2)C12CC2. The Hall–Kier alpha value is -3.63. The number of amides is 2. The van der Waals surface area contributed by atoms with Crippen molar-refractivity contribution in [3.05, 3.63) is 77.1 Å². The molecule has 1 aliphatic heterocycles. The molecule has 36 heavy (non-hydrogen) atoms. The monoisotopic (exact) mass is 508 g/mol. The summed E-state index contributed by atoms with van der Waals surface area (Å²) in [6.45, 7) is 0. The number of hydrogen-bond acceptors (Lipinski definition) is 4. The fourth-order valence-corrected chi connectivity index (χ4v) is 4.77. The van der Waals surface area contributed by atoms with E-state index in [0.717, 1.165) is 21.2 Å². The summed E-state index contributed by atoms with van der Waals surface area (Å²) in [5.41, 5.74) is -4.00. The van der Waals surface area contributed by atoms with Crippen LogP contribution in [0.3, 0.4) is 0 Å². The number of aromatic nitrogens is 1. The van der Waals surface area contributed by atoms with Gasteiger partial charge in [-0.05, 0) is 54.0 Å². The minimum Gasteiger partial charge on any atom is -0.438 e. The van der Waals surface area contributed by atoms with E-state index in [4.69, 9.17) is 4.74 Å². The predicted molar refractivity (Wildman–Crippen MR) is 115 cm³/mol. The van der Waals surface area contributed by atoms with Crippen molar-refractivity contribution in [2.24, 2.45) is 0 Å². The maximum atomic E-state index is 13.3. The van der Waals surface area contributed by atoms with Crippen LogP contribution in [0.2, 0.25) is 0 Å². The lowest BCUT2D eigenvalue weighted by Gasteiger charge is -2.24. The lowest BCUT2D eigenvalue weighted by molar-refractivity contribution is -0.143. The van der Waals surface area contributed by atoms with E-state index in [9.17, 15) is 35.9 Å². The minimum atomic E-state index is -5.04. The number of hydrogen-bond donors (Lipinski definition) is 0. The fourth-order valence-electron chi connectivity index (χ4n) is 4.77. The fraction of sp³-hybridized carbons (Fsp3) is 0.320. The van der Waals surface area contributed by atoms with Crippen LogP contribution >= 0.6 is 0 Å². The summed E-state index contributed by atoms with van der Waals surface area (Å²) in [7, 11) is 0. The Morgan fingerprint density at radius 2 is 1.64 bits per heavy atom. The summed E-state index contributed by atoms with van der Waals surface area (Å²) in [6, 6.07) is 8.51. The van der Waals surface area contributed by atoms with Crippen LogP contribution < -0.4 is 0 Å². The standard InChI is InChI=1S/C25H18F6N2O3/c26-24(27,28)17-9-16(10-18(11-17)25(29,30)31)21-23(7-8-23)33(22(35)36-21)20(34)6-5-15-13-32-12-14-3-1-2-4-19(14)15/h1-4,9-13,21H,5-8H2/t21-/m1/s1. The first-order chi connectivity index (χ1) is 16.9. The molecular formula is C25H18F6N2O3. The van der Waals surface area contributed by atoms with Crippen molar-refractivity contribution in [2.75, 3.05) is 0 Å². The number of pyridine rings is 1. The highest BCUT2D eigenvalue weighted by Gasteiger charge is 2.65. The summed E-state index contributed by atoms with van der Waals surface area (Å²) in [5, 5.41) is 1.75. The van der Waals surface area contributed by atoms with Gasteiger partial charge in [0.1, 0.15) is 0 Å². The Morgan fingerprint density at radius 3 is 2.25 bits per heavy atom. The Balaban J connectivity index is 1.42. The number of carbonyl (C=O) groups is 2. The maximum Gasteiger partial charge on any atom is 0.417 e. The van der Waals surface area contributed by atoms with Crippen molar-refractivity contribution in [1.29, 1.82) is 0 Å². The molecule has 0 N–H and O–H groups in total. The highest BCUT2D eigenvalue weighted by molar-refractivity contribution is 5.96. The van der Waals surface area contributed by atoms with E-state index in [0.29, 0.717) is 12.1 Å². The second-order valence-corrected chi connectivity index (χ2v) is 8.96. The van der Waals surface area contributed by atoms with Gasteiger partial charge in [0.05, 0.1) is 16.7 Å². The third-order valence-corrected chi connectivity index (χ3v) is 6.62. The summed E-state index contributed by atoms with van der Waals surface area (Å²) >= 11 is 0. The van der Waals surface area contributed by atoms with Crippen molar-refractivity contribution in [3.63, 3.8) is 0 Å². The number of benzene rings is 2. The molecule has 188 valence electrons. The van der Waals surface area contributed by atoms with Gasteiger partial charge in [-0.25, -0.2) is 9.69 Å².